The first-order chi connectivity index (χ1) is 7.06. The Morgan fingerprint density at radius 3 is 2.40 bits per heavy atom. The number of rotatable bonds is 6. The van der Waals surface area contributed by atoms with Gasteiger partial charge in [0.1, 0.15) is 0 Å². The molecule has 0 aliphatic rings. The average molecular weight is 210 g/mol. The molecule has 2 heteroatoms. The average Bonchev–Trinajstić information content (AvgIpc) is 2.17. The summed E-state index contributed by atoms with van der Waals surface area (Å²) >= 11 is 0. The summed E-state index contributed by atoms with van der Waals surface area (Å²) in [6.07, 6.45) is 6.62. The summed E-state index contributed by atoms with van der Waals surface area (Å²) in [5, 5.41) is 0. The third-order valence-corrected chi connectivity index (χ3v) is 2.04. The Labute approximate surface area is 93.0 Å². The summed E-state index contributed by atoms with van der Waals surface area (Å²) in [7, 11) is 0. The van der Waals surface area contributed by atoms with Gasteiger partial charge in [0.05, 0.1) is 6.61 Å². The first kappa shape index (κ1) is 13.9. The smallest absolute Gasteiger partial charge is 0.305 e. The number of allylic oxidation sites excluding steroid dienone is 3. The van der Waals surface area contributed by atoms with Crippen molar-refractivity contribution in [2.45, 2.75) is 47.0 Å². The molecule has 15 heavy (non-hydrogen) atoms. The highest BCUT2D eigenvalue weighted by atomic mass is 16.5. The van der Waals surface area contributed by atoms with E-state index in [2.05, 4.69) is 32.9 Å². The summed E-state index contributed by atoms with van der Waals surface area (Å²) in [5.41, 5.74) is 2.60. The fourth-order valence-electron chi connectivity index (χ4n) is 1.03. The van der Waals surface area contributed by atoms with Gasteiger partial charge in [-0.25, -0.2) is 0 Å². The number of esters is 1. The summed E-state index contributed by atoms with van der Waals surface area (Å²) < 4.78 is 4.99. The van der Waals surface area contributed by atoms with Crippen molar-refractivity contribution in [2.75, 3.05) is 6.61 Å². The van der Waals surface area contributed by atoms with Crippen molar-refractivity contribution >= 4 is 5.97 Å². The Morgan fingerprint density at radius 2 is 1.87 bits per heavy atom. The fraction of sp³-hybridized carbons (Fsp3) is 0.615. The number of carbonyl (C=O) groups excluding carboxylic acids is 1. The summed E-state index contributed by atoms with van der Waals surface area (Å²) in [6.45, 7) is 8.56. The Kier molecular flexibility index (Phi) is 7.69. The normalized spacial score (nSPS) is 11.1. The van der Waals surface area contributed by atoms with Crippen LogP contribution in [0.25, 0.3) is 0 Å². The first-order valence-corrected chi connectivity index (χ1v) is 5.50. The quantitative estimate of drug-likeness (QED) is 0.494. The van der Waals surface area contributed by atoms with Gasteiger partial charge >= 0.3 is 5.97 Å². The molecule has 0 rings (SSSR count). The molecule has 0 aromatic heterocycles. The second kappa shape index (κ2) is 8.27. The van der Waals surface area contributed by atoms with Crippen LogP contribution in [0.4, 0.5) is 0 Å². The van der Waals surface area contributed by atoms with Gasteiger partial charge in [0.25, 0.3) is 0 Å². The van der Waals surface area contributed by atoms with Crippen LogP contribution in [0, 0.1) is 0 Å². The molecule has 0 atom stereocenters. The monoisotopic (exact) mass is 210 g/mol. The highest BCUT2D eigenvalue weighted by Crippen LogP contribution is 2.04. The van der Waals surface area contributed by atoms with Crippen molar-refractivity contribution in [1.82, 2.24) is 0 Å². The van der Waals surface area contributed by atoms with E-state index in [0.717, 1.165) is 12.8 Å². The van der Waals surface area contributed by atoms with Crippen LogP contribution in [-0.4, -0.2) is 12.6 Å². The Morgan fingerprint density at radius 1 is 1.20 bits per heavy atom. The molecule has 0 saturated carbocycles. The minimum absolute atomic E-state index is 0.118. The lowest BCUT2D eigenvalue weighted by Gasteiger charge is -2.03. The third kappa shape index (κ3) is 9.26. The van der Waals surface area contributed by atoms with E-state index in [0.29, 0.717) is 13.0 Å². The zero-order chi connectivity index (χ0) is 11.7. The maximum atomic E-state index is 10.8. The molecular weight excluding hydrogens is 188 g/mol. The molecule has 0 bridgehead atoms. The van der Waals surface area contributed by atoms with Crippen LogP contribution in [0.5, 0.6) is 0 Å². The lowest BCUT2D eigenvalue weighted by molar-refractivity contribution is -0.143. The van der Waals surface area contributed by atoms with Gasteiger partial charge in [-0.3, -0.25) is 4.79 Å². The van der Waals surface area contributed by atoms with Crippen LogP contribution in [0.15, 0.2) is 23.3 Å². The van der Waals surface area contributed by atoms with Crippen molar-refractivity contribution < 1.29 is 9.53 Å². The van der Waals surface area contributed by atoms with E-state index < -0.39 is 0 Å². The minimum atomic E-state index is -0.118. The van der Waals surface area contributed by atoms with Crippen LogP contribution >= 0.6 is 0 Å². The van der Waals surface area contributed by atoms with Crippen molar-refractivity contribution in [1.29, 1.82) is 0 Å². The minimum Gasteiger partial charge on any atom is -0.465 e. The second-order valence-corrected chi connectivity index (χ2v) is 3.89. The number of carbonyl (C=O) groups is 1. The van der Waals surface area contributed by atoms with Crippen LogP contribution in [0.2, 0.25) is 0 Å². The van der Waals surface area contributed by atoms with E-state index in [1.807, 2.05) is 0 Å². The molecule has 0 saturated heterocycles. The lowest BCUT2D eigenvalue weighted by Crippen LogP contribution is -2.03. The van der Waals surface area contributed by atoms with Gasteiger partial charge in [-0.15, -0.1) is 0 Å². The number of ether oxygens (including phenoxy) is 1. The zero-order valence-electron chi connectivity index (χ0n) is 10.3. The molecule has 0 aromatic carbocycles. The highest BCUT2D eigenvalue weighted by Gasteiger charge is 1.97. The summed E-state index contributed by atoms with van der Waals surface area (Å²) in [6, 6.07) is 0. The van der Waals surface area contributed by atoms with Gasteiger partial charge in [0.2, 0.25) is 0 Å². The highest BCUT2D eigenvalue weighted by molar-refractivity contribution is 5.68. The van der Waals surface area contributed by atoms with Crippen molar-refractivity contribution in [3.8, 4) is 0 Å². The van der Waals surface area contributed by atoms with Gasteiger partial charge in [-0.05, 0) is 27.2 Å². The van der Waals surface area contributed by atoms with E-state index in [1.165, 1.54) is 11.1 Å². The van der Waals surface area contributed by atoms with E-state index in [9.17, 15) is 4.79 Å². The first-order valence-electron chi connectivity index (χ1n) is 5.50. The van der Waals surface area contributed by atoms with Crippen LogP contribution in [0.1, 0.15) is 47.0 Å². The Bertz CT molecular complexity index is 245. The number of hydrogen-bond acceptors (Lipinski definition) is 2. The molecule has 0 heterocycles. The van der Waals surface area contributed by atoms with Crippen molar-refractivity contribution in [3.05, 3.63) is 23.3 Å². The molecular formula is C13H22O2. The summed E-state index contributed by atoms with van der Waals surface area (Å²) in [5.74, 6) is -0.118. The van der Waals surface area contributed by atoms with Crippen molar-refractivity contribution in [3.63, 3.8) is 0 Å². The molecule has 0 amide bonds. The predicted octanol–water partition coefficient (Wildman–Crippen LogP) is 3.63. The molecule has 0 aliphatic carbocycles. The summed E-state index contributed by atoms with van der Waals surface area (Å²) in [4.78, 5) is 10.8. The fourth-order valence-corrected chi connectivity index (χ4v) is 1.03. The molecule has 0 unspecified atom stereocenters. The number of hydrogen-bond donors (Lipinski definition) is 0. The van der Waals surface area contributed by atoms with Crippen LogP contribution in [0.3, 0.4) is 0 Å². The maximum Gasteiger partial charge on any atom is 0.305 e. The predicted molar refractivity (Wildman–Crippen MR) is 63.7 cm³/mol. The third-order valence-electron chi connectivity index (χ3n) is 2.04. The maximum absolute atomic E-state index is 10.8. The van der Waals surface area contributed by atoms with Crippen molar-refractivity contribution in [2.24, 2.45) is 0 Å². The Hall–Kier alpha value is -1.05. The van der Waals surface area contributed by atoms with Gasteiger partial charge in [0, 0.05) is 12.8 Å². The zero-order valence-corrected chi connectivity index (χ0v) is 10.3. The molecule has 0 N–H and O–H groups in total. The largest absolute Gasteiger partial charge is 0.465 e. The van der Waals surface area contributed by atoms with E-state index >= 15 is 0 Å². The Balaban J connectivity index is 3.69. The standard InChI is InChI=1S/C13H22O2/c1-5-13(14)15-10-9-12(4)8-6-7-11(2)3/h7-8H,5-6,9-10H2,1-4H3/b12-8+. The molecule has 0 spiro atoms. The molecule has 86 valence electrons. The SMILES string of the molecule is CCC(=O)OCC/C(C)=C/CC=C(C)C. The van der Waals surface area contributed by atoms with E-state index in [4.69, 9.17) is 4.74 Å². The second-order valence-electron chi connectivity index (χ2n) is 3.89. The van der Waals surface area contributed by atoms with Gasteiger partial charge in [0.15, 0.2) is 0 Å². The van der Waals surface area contributed by atoms with E-state index in [1.54, 1.807) is 6.92 Å². The van der Waals surface area contributed by atoms with E-state index in [-0.39, 0.29) is 5.97 Å². The molecule has 2 nitrogen and oxygen atoms in total. The van der Waals surface area contributed by atoms with Gasteiger partial charge in [-0.1, -0.05) is 30.2 Å². The van der Waals surface area contributed by atoms with Crippen LogP contribution < -0.4 is 0 Å². The molecule has 0 fully saturated rings. The van der Waals surface area contributed by atoms with Gasteiger partial charge in [-0.2, -0.15) is 0 Å². The molecule has 0 aliphatic heterocycles. The lowest BCUT2D eigenvalue weighted by atomic mass is 10.1. The topological polar surface area (TPSA) is 26.3 Å². The molecule has 0 aromatic rings. The van der Waals surface area contributed by atoms with Gasteiger partial charge < -0.3 is 4.74 Å². The molecule has 0 radical (unpaired) electrons. The van der Waals surface area contributed by atoms with Crippen LogP contribution in [-0.2, 0) is 9.53 Å².